The molecule has 3 heterocycles. The number of furan rings is 1. The molecule has 1 amide bonds. The molecule has 2 aromatic heterocycles. The molecule has 4 aromatic rings. The molecule has 0 fully saturated rings. The Balaban J connectivity index is 1.25. The Bertz CT molecular complexity index is 1330. The summed E-state index contributed by atoms with van der Waals surface area (Å²) in [7, 11) is 0. The van der Waals surface area contributed by atoms with E-state index >= 15 is 0 Å². The number of ether oxygens (including phenoxy) is 1. The molecule has 0 saturated carbocycles. The first-order valence-corrected chi connectivity index (χ1v) is 11.2. The Labute approximate surface area is 205 Å². The Kier molecular flexibility index (Phi) is 6.40. The number of rotatable bonds is 7. The van der Waals surface area contributed by atoms with Gasteiger partial charge in [-0.3, -0.25) is 4.79 Å². The molecule has 5 rings (SSSR count). The molecule has 0 aliphatic carbocycles. The van der Waals surface area contributed by atoms with Crippen molar-refractivity contribution in [2.45, 2.75) is 19.0 Å². The largest absolute Gasteiger partial charge is 0.467 e. The van der Waals surface area contributed by atoms with Crippen molar-refractivity contribution in [2.75, 3.05) is 6.61 Å². The van der Waals surface area contributed by atoms with Crippen LogP contribution in [0.25, 0.3) is 0 Å². The number of carbonyl (C=O) groups excluding carboxylic acids is 2. The van der Waals surface area contributed by atoms with Gasteiger partial charge in [0.05, 0.1) is 24.1 Å². The standard InChI is InChI=1S/C25H20ClN5O4/c26-20-9-7-18(8-10-20)21-12-22(23-2-1-11-34-23)31(29-21)24(32)14-35-25(33)19-5-3-17(4-6-19)13-30-16-27-15-28-30/h1-11,15-16,22H,12-14H2. The lowest BCUT2D eigenvalue weighted by Gasteiger charge is -2.19. The van der Waals surface area contributed by atoms with Crippen molar-refractivity contribution < 1.29 is 18.7 Å². The molecule has 0 radical (unpaired) electrons. The average Bonchev–Trinajstić information content (AvgIpc) is 3.65. The lowest BCUT2D eigenvalue weighted by Crippen LogP contribution is -2.31. The SMILES string of the molecule is O=C(OCC(=O)N1N=C(c2ccc(Cl)cc2)CC1c1ccco1)c1ccc(Cn2cncn2)cc1. The monoisotopic (exact) mass is 489 g/mol. The number of carbonyl (C=O) groups is 2. The van der Waals surface area contributed by atoms with Crippen LogP contribution >= 0.6 is 11.6 Å². The van der Waals surface area contributed by atoms with Gasteiger partial charge in [-0.1, -0.05) is 35.9 Å². The van der Waals surface area contributed by atoms with Crippen molar-refractivity contribution in [3.05, 3.63) is 107 Å². The molecule has 176 valence electrons. The van der Waals surface area contributed by atoms with Gasteiger partial charge in [0.2, 0.25) is 0 Å². The molecule has 2 aromatic carbocycles. The Morgan fingerprint density at radius 3 is 2.57 bits per heavy atom. The van der Waals surface area contributed by atoms with E-state index in [1.807, 2.05) is 12.1 Å². The van der Waals surface area contributed by atoms with Gasteiger partial charge in [-0.15, -0.1) is 0 Å². The molecule has 1 atom stereocenters. The van der Waals surface area contributed by atoms with E-state index in [0.717, 1.165) is 11.1 Å². The number of hydrogen-bond donors (Lipinski definition) is 0. The van der Waals surface area contributed by atoms with E-state index in [0.29, 0.717) is 35.0 Å². The molecule has 0 saturated heterocycles. The molecule has 0 spiro atoms. The Hall–Kier alpha value is -4.24. The minimum absolute atomic E-state index is 0.342. The summed E-state index contributed by atoms with van der Waals surface area (Å²) in [6.07, 6.45) is 5.08. The van der Waals surface area contributed by atoms with Crippen molar-refractivity contribution in [3.63, 3.8) is 0 Å². The van der Waals surface area contributed by atoms with Gasteiger partial charge in [-0.2, -0.15) is 10.2 Å². The maximum atomic E-state index is 13.0. The summed E-state index contributed by atoms with van der Waals surface area (Å²) in [4.78, 5) is 29.5. The number of nitrogens with zero attached hydrogens (tertiary/aromatic N) is 5. The zero-order valence-electron chi connectivity index (χ0n) is 18.5. The second-order valence-electron chi connectivity index (χ2n) is 7.89. The number of benzene rings is 2. The van der Waals surface area contributed by atoms with E-state index in [2.05, 4.69) is 15.2 Å². The van der Waals surface area contributed by atoms with Crippen molar-refractivity contribution in [3.8, 4) is 0 Å². The van der Waals surface area contributed by atoms with Crippen molar-refractivity contribution in [1.82, 2.24) is 19.8 Å². The van der Waals surface area contributed by atoms with Crippen molar-refractivity contribution in [1.29, 1.82) is 0 Å². The Morgan fingerprint density at radius 1 is 1.09 bits per heavy atom. The van der Waals surface area contributed by atoms with Gasteiger partial charge >= 0.3 is 5.97 Å². The third-order valence-electron chi connectivity index (χ3n) is 5.54. The summed E-state index contributed by atoms with van der Waals surface area (Å²) >= 11 is 5.99. The Morgan fingerprint density at radius 2 is 1.89 bits per heavy atom. The fraction of sp³-hybridized carbons (Fsp3) is 0.160. The number of amides is 1. The van der Waals surface area contributed by atoms with Gasteiger partial charge in [0.1, 0.15) is 24.5 Å². The lowest BCUT2D eigenvalue weighted by molar-refractivity contribution is -0.136. The zero-order valence-corrected chi connectivity index (χ0v) is 19.2. The molecule has 0 N–H and O–H groups in total. The van der Waals surface area contributed by atoms with Crippen LogP contribution in [0.1, 0.15) is 39.7 Å². The molecule has 10 heteroatoms. The molecule has 0 bridgehead atoms. The summed E-state index contributed by atoms with van der Waals surface area (Å²) in [5, 5.41) is 10.5. The van der Waals surface area contributed by atoms with Crippen LogP contribution in [0.4, 0.5) is 0 Å². The minimum atomic E-state index is -0.596. The molecule has 9 nitrogen and oxygen atoms in total. The van der Waals surface area contributed by atoms with Crippen LogP contribution in [0, 0.1) is 0 Å². The van der Waals surface area contributed by atoms with Gasteiger partial charge in [-0.25, -0.2) is 19.5 Å². The topological polar surface area (TPSA) is 103 Å². The summed E-state index contributed by atoms with van der Waals surface area (Å²) < 4.78 is 12.5. The van der Waals surface area contributed by atoms with E-state index in [9.17, 15) is 9.59 Å². The summed E-state index contributed by atoms with van der Waals surface area (Å²) in [5.74, 6) is -0.451. The predicted molar refractivity (Wildman–Crippen MR) is 127 cm³/mol. The van der Waals surface area contributed by atoms with Crippen LogP contribution in [0.3, 0.4) is 0 Å². The normalized spacial score (nSPS) is 15.2. The van der Waals surface area contributed by atoms with E-state index in [1.165, 1.54) is 11.3 Å². The first-order valence-electron chi connectivity index (χ1n) is 10.8. The summed E-state index contributed by atoms with van der Waals surface area (Å²) in [6.45, 7) is 0.0824. The van der Waals surface area contributed by atoms with Crippen molar-refractivity contribution in [2.24, 2.45) is 5.10 Å². The molecule has 1 aliphatic rings. The van der Waals surface area contributed by atoms with E-state index in [-0.39, 0.29) is 0 Å². The third kappa shape index (κ3) is 5.15. The fourth-order valence-corrected chi connectivity index (χ4v) is 3.91. The second-order valence-corrected chi connectivity index (χ2v) is 8.33. The number of halogens is 1. The highest BCUT2D eigenvalue weighted by Gasteiger charge is 2.35. The van der Waals surface area contributed by atoms with Gasteiger partial charge in [-0.05, 0) is 47.5 Å². The van der Waals surface area contributed by atoms with Gasteiger partial charge in [0.15, 0.2) is 6.61 Å². The van der Waals surface area contributed by atoms with Crippen LogP contribution in [0.5, 0.6) is 0 Å². The molecule has 35 heavy (non-hydrogen) atoms. The third-order valence-corrected chi connectivity index (χ3v) is 5.79. The lowest BCUT2D eigenvalue weighted by atomic mass is 10.0. The number of hydrazone groups is 1. The summed E-state index contributed by atoms with van der Waals surface area (Å²) in [5.41, 5.74) is 2.86. The molecular weight excluding hydrogens is 470 g/mol. The fourth-order valence-electron chi connectivity index (χ4n) is 3.78. The smallest absolute Gasteiger partial charge is 0.338 e. The van der Waals surface area contributed by atoms with E-state index < -0.39 is 24.5 Å². The highest BCUT2D eigenvalue weighted by molar-refractivity contribution is 6.30. The van der Waals surface area contributed by atoms with E-state index in [4.69, 9.17) is 20.8 Å². The number of aromatic nitrogens is 3. The van der Waals surface area contributed by atoms with Crippen LogP contribution in [0.2, 0.25) is 5.02 Å². The van der Waals surface area contributed by atoms with E-state index in [1.54, 1.807) is 65.8 Å². The zero-order chi connectivity index (χ0) is 24.2. The highest BCUT2D eigenvalue weighted by Crippen LogP contribution is 2.33. The molecular formula is C25H20ClN5O4. The minimum Gasteiger partial charge on any atom is -0.467 e. The first kappa shape index (κ1) is 22.5. The van der Waals surface area contributed by atoms with Gasteiger partial charge < -0.3 is 9.15 Å². The maximum Gasteiger partial charge on any atom is 0.338 e. The quantitative estimate of drug-likeness (QED) is 0.362. The average molecular weight is 490 g/mol. The molecule has 1 aliphatic heterocycles. The van der Waals surface area contributed by atoms with Crippen LogP contribution in [0.15, 0.2) is 89.1 Å². The summed E-state index contributed by atoms with van der Waals surface area (Å²) in [6, 6.07) is 17.2. The molecule has 1 unspecified atom stereocenters. The van der Waals surface area contributed by atoms with Crippen molar-refractivity contribution >= 4 is 29.2 Å². The first-order chi connectivity index (χ1) is 17.1. The van der Waals surface area contributed by atoms with Crippen LogP contribution in [-0.4, -0.2) is 44.0 Å². The predicted octanol–water partition coefficient (Wildman–Crippen LogP) is 4.11. The second kappa shape index (κ2) is 9.94. The highest BCUT2D eigenvalue weighted by atomic mass is 35.5. The maximum absolute atomic E-state index is 13.0. The van der Waals surface area contributed by atoms with Crippen LogP contribution in [-0.2, 0) is 16.1 Å². The van der Waals surface area contributed by atoms with Gasteiger partial charge in [0.25, 0.3) is 5.91 Å². The number of esters is 1. The number of hydrogen-bond acceptors (Lipinski definition) is 7. The van der Waals surface area contributed by atoms with Gasteiger partial charge in [0, 0.05) is 11.4 Å². The van der Waals surface area contributed by atoms with Crippen LogP contribution < -0.4 is 0 Å².